The van der Waals surface area contributed by atoms with E-state index >= 15 is 0 Å². The molecule has 1 atom stereocenters. The van der Waals surface area contributed by atoms with E-state index in [1.165, 1.54) is 6.07 Å². The molecule has 3 nitrogen and oxygen atoms in total. The Bertz CT molecular complexity index is 458. The molecule has 0 aliphatic carbocycles. The fourth-order valence-corrected chi connectivity index (χ4v) is 1.75. The number of hydrogen-bond donors (Lipinski definition) is 0. The summed E-state index contributed by atoms with van der Waals surface area (Å²) in [5.41, 5.74) is 1.61. The van der Waals surface area contributed by atoms with Gasteiger partial charge in [0.1, 0.15) is 0 Å². The Morgan fingerprint density at radius 1 is 1.39 bits per heavy atom. The highest BCUT2D eigenvalue weighted by Crippen LogP contribution is 2.25. The monoisotopic (exact) mass is 240 g/mol. The zero-order valence-corrected chi connectivity index (χ0v) is 10.6. The van der Waals surface area contributed by atoms with Crippen molar-refractivity contribution in [3.63, 3.8) is 0 Å². The molecule has 0 saturated heterocycles. The van der Waals surface area contributed by atoms with Gasteiger partial charge >= 0.3 is 14.0 Å². The quantitative estimate of drug-likeness (QED) is 0.585. The number of rotatable bonds is 5. The second-order valence-corrected chi connectivity index (χ2v) is 4.14. The maximum Gasteiger partial charge on any atom is 0.378 e. The van der Waals surface area contributed by atoms with E-state index in [2.05, 4.69) is 4.65 Å². The third-order valence-corrected chi connectivity index (χ3v) is 3.03. The van der Waals surface area contributed by atoms with Gasteiger partial charge in [-0.1, -0.05) is 19.9 Å². The van der Waals surface area contributed by atoms with Crippen LogP contribution in [0.15, 0.2) is 18.2 Å². The van der Waals surface area contributed by atoms with E-state index in [9.17, 15) is 9.59 Å². The molecule has 0 saturated carbocycles. The summed E-state index contributed by atoms with van der Waals surface area (Å²) in [6.07, 6.45) is 0.802. The molecule has 0 aliphatic rings. The molecule has 4 radical (unpaired) electrons. The van der Waals surface area contributed by atoms with Gasteiger partial charge in [-0.15, -0.1) is 0 Å². The van der Waals surface area contributed by atoms with Crippen molar-refractivity contribution in [2.75, 3.05) is 0 Å². The number of carbonyl (C=O) groups is 2. The molecule has 0 fully saturated rings. The highest BCUT2D eigenvalue weighted by atomic mass is 16.5. The van der Waals surface area contributed by atoms with Crippen LogP contribution in [0, 0.1) is 0 Å². The van der Waals surface area contributed by atoms with Gasteiger partial charge in [0, 0.05) is 5.56 Å². The summed E-state index contributed by atoms with van der Waals surface area (Å²) in [5, 5.41) is 0. The molecule has 0 N–H and O–H groups in total. The minimum Gasteiger partial charge on any atom is -0.540 e. The van der Waals surface area contributed by atoms with Crippen molar-refractivity contribution in [3.05, 3.63) is 34.9 Å². The molecule has 5 heteroatoms. The number of hydrogen-bond acceptors (Lipinski definition) is 3. The van der Waals surface area contributed by atoms with Crippen LogP contribution in [-0.4, -0.2) is 27.6 Å². The lowest BCUT2D eigenvalue weighted by atomic mass is 9.86. The number of Topliss-reactive ketones (excluding diaryl/α,β-unsaturated/α-hetero) is 1. The summed E-state index contributed by atoms with van der Waals surface area (Å²) in [6.45, 7) is 4.05. The molecule has 0 heterocycles. The number of carbonyl (C=O) groups excluding carboxylic acids is 2. The van der Waals surface area contributed by atoms with Crippen LogP contribution >= 0.6 is 0 Å². The van der Waals surface area contributed by atoms with E-state index in [1.54, 1.807) is 12.1 Å². The van der Waals surface area contributed by atoms with Gasteiger partial charge in [-0.25, -0.2) is 4.79 Å². The number of ketones is 1. The van der Waals surface area contributed by atoms with Crippen molar-refractivity contribution in [1.29, 1.82) is 0 Å². The smallest absolute Gasteiger partial charge is 0.378 e. The Kier molecular flexibility index (Phi) is 5.20. The highest BCUT2D eigenvalue weighted by molar-refractivity contribution is 6.24. The van der Waals surface area contributed by atoms with E-state index in [-0.39, 0.29) is 23.6 Å². The zero-order valence-electron chi connectivity index (χ0n) is 10.6. The molecule has 0 aliphatic heterocycles. The minimum atomic E-state index is -0.670. The Morgan fingerprint density at radius 2 is 2.06 bits per heavy atom. The first kappa shape index (κ1) is 14.6. The average molecular weight is 240 g/mol. The summed E-state index contributed by atoms with van der Waals surface area (Å²) in [6, 6.07) is 4.85. The van der Waals surface area contributed by atoms with Gasteiger partial charge < -0.3 is 4.65 Å². The first-order chi connectivity index (χ1) is 8.54. The van der Waals surface area contributed by atoms with Crippen molar-refractivity contribution >= 4 is 27.6 Å². The fourth-order valence-electron chi connectivity index (χ4n) is 1.75. The average Bonchev–Trinajstić information content (AvgIpc) is 2.43. The topological polar surface area (TPSA) is 43.4 Å². The van der Waals surface area contributed by atoms with E-state index in [0.717, 1.165) is 12.0 Å². The molecule has 1 rings (SSSR count). The number of benzene rings is 1. The predicted octanol–water partition coefficient (Wildman–Crippen LogP) is 2.21. The first-order valence-electron chi connectivity index (χ1n) is 5.83. The maximum atomic E-state index is 11.8. The van der Waals surface area contributed by atoms with Crippen LogP contribution in [0.4, 0.5) is 0 Å². The molecule has 0 spiro atoms. The molecule has 1 aromatic carbocycles. The van der Waals surface area contributed by atoms with Crippen LogP contribution in [0.5, 0.6) is 0 Å². The SMILES string of the molecule is [B]CC(=O)c1cc(C(=O)O[B])ccc1C(C)CC. The van der Waals surface area contributed by atoms with Gasteiger partial charge in [0.25, 0.3) is 0 Å². The van der Waals surface area contributed by atoms with Crippen molar-refractivity contribution in [2.24, 2.45) is 0 Å². The van der Waals surface area contributed by atoms with Gasteiger partial charge in [-0.05, 0) is 36.4 Å². The van der Waals surface area contributed by atoms with Gasteiger partial charge in [0.15, 0.2) is 5.78 Å². The molecule has 0 amide bonds. The van der Waals surface area contributed by atoms with Crippen molar-refractivity contribution < 1.29 is 14.2 Å². The van der Waals surface area contributed by atoms with E-state index in [0.29, 0.717) is 5.56 Å². The van der Waals surface area contributed by atoms with E-state index in [4.69, 9.17) is 15.9 Å². The second-order valence-electron chi connectivity index (χ2n) is 4.14. The first-order valence-corrected chi connectivity index (χ1v) is 5.83. The van der Waals surface area contributed by atoms with Crippen LogP contribution in [-0.2, 0) is 4.65 Å². The lowest BCUT2D eigenvalue weighted by Crippen LogP contribution is -2.09. The van der Waals surface area contributed by atoms with Crippen LogP contribution in [0.2, 0.25) is 6.32 Å². The minimum absolute atomic E-state index is 0.0927. The molecule has 1 unspecified atom stereocenters. The molecule has 0 bridgehead atoms. The van der Waals surface area contributed by atoms with Gasteiger partial charge in [-0.2, -0.15) is 0 Å². The fraction of sp³-hybridized carbons (Fsp3) is 0.385. The standard InChI is InChI=1S/C13H14B2O3/c1-3-8(2)10-5-4-9(13(17)18-15)6-11(10)12(16)7-14/h4-6,8H,3,7H2,1-2H3. The predicted molar refractivity (Wildman–Crippen MR) is 71.2 cm³/mol. The van der Waals surface area contributed by atoms with Crippen molar-refractivity contribution in [3.8, 4) is 0 Å². The lowest BCUT2D eigenvalue weighted by Gasteiger charge is -2.15. The molecular weight excluding hydrogens is 226 g/mol. The molecule has 90 valence electrons. The van der Waals surface area contributed by atoms with Crippen LogP contribution in [0.1, 0.15) is 52.5 Å². The zero-order chi connectivity index (χ0) is 13.7. The Balaban J connectivity index is 3.29. The summed E-state index contributed by atoms with van der Waals surface area (Å²) in [4.78, 5) is 23.1. The third kappa shape index (κ3) is 3.03. The molecular formula is C13H14B2O3. The maximum absolute atomic E-state index is 11.8. The van der Waals surface area contributed by atoms with Gasteiger partial charge in [-0.3, -0.25) is 4.79 Å². The van der Waals surface area contributed by atoms with E-state index < -0.39 is 5.97 Å². The van der Waals surface area contributed by atoms with E-state index in [1.807, 2.05) is 13.8 Å². The van der Waals surface area contributed by atoms with Crippen molar-refractivity contribution in [1.82, 2.24) is 0 Å². The summed E-state index contributed by atoms with van der Waals surface area (Å²) < 4.78 is 4.15. The lowest BCUT2D eigenvalue weighted by molar-refractivity contribution is 0.0749. The Hall–Kier alpha value is -1.51. The summed E-state index contributed by atoms with van der Waals surface area (Å²) in [5.74, 6) is -0.646. The third-order valence-electron chi connectivity index (χ3n) is 3.03. The van der Waals surface area contributed by atoms with Crippen LogP contribution < -0.4 is 0 Å². The van der Waals surface area contributed by atoms with Crippen molar-refractivity contribution in [2.45, 2.75) is 32.5 Å². The molecule has 1 aromatic rings. The second kappa shape index (κ2) is 6.43. The van der Waals surface area contributed by atoms with Gasteiger partial charge in [0.05, 0.1) is 13.4 Å². The molecule has 0 aromatic heterocycles. The highest BCUT2D eigenvalue weighted by Gasteiger charge is 2.16. The van der Waals surface area contributed by atoms with Crippen LogP contribution in [0.25, 0.3) is 0 Å². The van der Waals surface area contributed by atoms with Crippen LogP contribution in [0.3, 0.4) is 0 Å². The molecule has 18 heavy (non-hydrogen) atoms. The normalized spacial score (nSPS) is 11.9. The Morgan fingerprint density at radius 3 is 2.56 bits per heavy atom. The Labute approximate surface area is 110 Å². The largest absolute Gasteiger partial charge is 0.540 e. The summed E-state index contributed by atoms with van der Waals surface area (Å²) >= 11 is 0. The summed E-state index contributed by atoms with van der Waals surface area (Å²) in [7, 11) is 10.2. The van der Waals surface area contributed by atoms with Gasteiger partial charge in [0.2, 0.25) is 0 Å².